The molecule has 0 spiro atoms. The van der Waals surface area contributed by atoms with Crippen LogP contribution in [0, 0.1) is 45.3 Å². The van der Waals surface area contributed by atoms with Crippen molar-refractivity contribution in [1.82, 2.24) is 0 Å². The highest BCUT2D eigenvalue weighted by atomic mass is 16.7. The summed E-state index contributed by atoms with van der Waals surface area (Å²) in [6.07, 6.45) is 6.63. The van der Waals surface area contributed by atoms with E-state index in [1.807, 2.05) is 13.8 Å². The smallest absolute Gasteiger partial charge is 0.206 e. The number of aliphatic hydroxyl groups excluding tert-OH is 1. The van der Waals surface area contributed by atoms with Crippen LogP contribution < -0.4 is 0 Å². The van der Waals surface area contributed by atoms with E-state index in [9.17, 15) is 14.7 Å². The van der Waals surface area contributed by atoms with E-state index >= 15 is 0 Å². The van der Waals surface area contributed by atoms with E-state index in [2.05, 4.69) is 47.6 Å². The monoisotopic (exact) mass is 512 g/mol. The van der Waals surface area contributed by atoms with Gasteiger partial charge in [0.25, 0.3) is 0 Å². The fourth-order valence-electron chi connectivity index (χ4n) is 10.3. The summed E-state index contributed by atoms with van der Waals surface area (Å²) >= 11 is 0. The minimum atomic E-state index is -0.814. The molecular weight excluding hydrogens is 468 g/mol. The lowest BCUT2D eigenvalue weighted by molar-refractivity contribution is -0.287. The molecule has 6 nitrogen and oxygen atoms in total. The number of aliphatic hydroxyl groups is 1. The summed E-state index contributed by atoms with van der Waals surface area (Å²) in [6.45, 7) is 17.0. The van der Waals surface area contributed by atoms with Crippen LogP contribution in [0.1, 0.15) is 81.1 Å². The third-order valence-corrected chi connectivity index (χ3v) is 12.7. The van der Waals surface area contributed by atoms with Gasteiger partial charge in [0.1, 0.15) is 5.78 Å². The molecule has 10 atom stereocenters. The van der Waals surface area contributed by atoms with E-state index in [1.165, 1.54) is 0 Å². The van der Waals surface area contributed by atoms with Crippen LogP contribution in [0.3, 0.4) is 0 Å². The molecule has 2 saturated heterocycles. The summed E-state index contributed by atoms with van der Waals surface area (Å²) in [6, 6.07) is 0. The number of carbonyl (C=O) groups excluding carboxylic acids is 2. The molecule has 204 valence electrons. The van der Waals surface area contributed by atoms with Gasteiger partial charge in [0.2, 0.25) is 5.78 Å². The molecule has 1 N–H and O–H groups in total. The molecule has 2 bridgehead atoms. The normalized spacial score (nSPS) is 53.3. The molecule has 6 heteroatoms. The van der Waals surface area contributed by atoms with Crippen molar-refractivity contribution in [1.29, 1.82) is 0 Å². The Kier molecular flexibility index (Phi) is 4.99. The average Bonchev–Trinajstić information content (AvgIpc) is 3.14. The van der Waals surface area contributed by atoms with Crippen LogP contribution >= 0.6 is 0 Å². The Bertz CT molecular complexity index is 1150. The minimum Gasteiger partial charge on any atom is -0.505 e. The molecule has 2 saturated carbocycles. The molecular formula is C31H44O6. The molecule has 2 heterocycles. The van der Waals surface area contributed by atoms with Gasteiger partial charge in [0.15, 0.2) is 11.5 Å². The lowest BCUT2D eigenvalue weighted by Gasteiger charge is -2.63. The van der Waals surface area contributed by atoms with Gasteiger partial charge in [-0.05, 0) is 69.3 Å². The van der Waals surface area contributed by atoms with Gasteiger partial charge in [-0.1, -0.05) is 39.3 Å². The van der Waals surface area contributed by atoms with Crippen molar-refractivity contribution in [3.63, 3.8) is 0 Å². The maximum atomic E-state index is 14.4. The Hall–Kier alpha value is -1.50. The number of fused-ring (bicyclic) bond motifs is 9. The van der Waals surface area contributed by atoms with E-state index in [1.54, 1.807) is 13.2 Å². The summed E-state index contributed by atoms with van der Waals surface area (Å²) in [4.78, 5) is 27.3. The van der Waals surface area contributed by atoms with Gasteiger partial charge in [-0.3, -0.25) is 9.59 Å². The molecule has 2 aliphatic heterocycles. The highest BCUT2D eigenvalue weighted by Gasteiger charge is 2.75. The molecule has 10 unspecified atom stereocenters. The van der Waals surface area contributed by atoms with Crippen LogP contribution in [0.15, 0.2) is 23.5 Å². The number of rotatable bonds is 1. The van der Waals surface area contributed by atoms with Crippen LogP contribution in [-0.2, 0) is 23.8 Å². The Morgan fingerprint density at radius 3 is 2.35 bits per heavy atom. The highest BCUT2D eigenvalue weighted by molar-refractivity contribution is 6.02. The molecule has 0 amide bonds. The summed E-state index contributed by atoms with van der Waals surface area (Å²) in [5.41, 5.74) is -1.43. The number of hydrogen-bond acceptors (Lipinski definition) is 6. The third-order valence-electron chi connectivity index (χ3n) is 12.7. The second-order valence-electron chi connectivity index (χ2n) is 14.8. The second kappa shape index (κ2) is 7.17. The number of ketones is 2. The van der Waals surface area contributed by atoms with Gasteiger partial charge in [0.05, 0.1) is 23.2 Å². The zero-order valence-electron chi connectivity index (χ0n) is 23.9. The van der Waals surface area contributed by atoms with Crippen LogP contribution in [-0.4, -0.2) is 47.4 Å². The first-order valence-corrected chi connectivity index (χ1v) is 14.1. The van der Waals surface area contributed by atoms with Crippen molar-refractivity contribution in [2.45, 2.75) is 105 Å². The Balaban J connectivity index is 1.48. The number of Topliss-reactive ketones (excluding diaryl/α,β-unsaturated/α-hetero) is 2. The maximum Gasteiger partial charge on any atom is 0.206 e. The first-order chi connectivity index (χ1) is 17.0. The maximum absolute atomic E-state index is 14.4. The first kappa shape index (κ1) is 25.8. The van der Waals surface area contributed by atoms with Crippen LogP contribution in [0.25, 0.3) is 0 Å². The van der Waals surface area contributed by atoms with Crippen molar-refractivity contribution >= 4 is 11.6 Å². The molecule has 0 radical (unpaired) electrons. The van der Waals surface area contributed by atoms with E-state index < -0.39 is 22.2 Å². The van der Waals surface area contributed by atoms with Gasteiger partial charge in [-0.15, -0.1) is 0 Å². The SMILES string of the molecule is COC12CC(OC3CC4(C)C5CC=C6C(C=C(O)C(=O)C6(C)C)C5(C)C(=O)CC4(C)C3C1C)C(C)(C)O2. The molecule has 37 heavy (non-hydrogen) atoms. The fraction of sp³-hybridized carbons (Fsp3) is 0.806. The van der Waals surface area contributed by atoms with Gasteiger partial charge in [-0.2, -0.15) is 0 Å². The van der Waals surface area contributed by atoms with Crippen molar-refractivity contribution in [3.05, 3.63) is 23.5 Å². The Labute approximate surface area is 221 Å². The van der Waals surface area contributed by atoms with Gasteiger partial charge in [-0.25, -0.2) is 0 Å². The zero-order valence-corrected chi connectivity index (χ0v) is 23.9. The zero-order chi connectivity index (χ0) is 27.1. The molecule has 4 aliphatic carbocycles. The van der Waals surface area contributed by atoms with E-state index in [-0.39, 0.29) is 64.0 Å². The fourth-order valence-corrected chi connectivity index (χ4v) is 10.3. The van der Waals surface area contributed by atoms with Gasteiger partial charge >= 0.3 is 0 Å². The average molecular weight is 513 g/mol. The lowest BCUT2D eigenvalue weighted by Crippen LogP contribution is -2.63. The van der Waals surface area contributed by atoms with Gasteiger partial charge < -0.3 is 19.3 Å². The second-order valence-corrected chi connectivity index (χ2v) is 14.8. The highest BCUT2D eigenvalue weighted by Crippen LogP contribution is 2.75. The number of hydrogen-bond donors (Lipinski definition) is 1. The molecule has 0 aromatic heterocycles. The number of methoxy groups -OCH3 is 1. The third kappa shape index (κ3) is 2.78. The Morgan fingerprint density at radius 2 is 1.70 bits per heavy atom. The van der Waals surface area contributed by atoms with Crippen LogP contribution in [0.2, 0.25) is 0 Å². The Morgan fingerprint density at radius 1 is 1.03 bits per heavy atom. The largest absolute Gasteiger partial charge is 0.505 e. The first-order valence-electron chi connectivity index (χ1n) is 14.1. The summed E-state index contributed by atoms with van der Waals surface area (Å²) < 4.78 is 19.7. The standard InChI is InChI=1S/C31H44O6/c1-16-24-20(36-23-15-31(16,35-9)37-27(23,4)5)13-28(6)21-11-10-17-18(12-19(32)25(34)26(17,2)3)30(21,8)22(33)14-29(24,28)7/h10,12,16,18,20-21,23-24,32H,11,13-15H2,1-9H3. The topological polar surface area (TPSA) is 82.1 Å². The van der Waals surface area contributed by atoms with E-state index in [0.717, 1.165) is 18.4 Å². The molecule has 6 aliphatic rings. The molecule has 4 fully saturated rings. The van der Waals surface area contributed by atoms with Crippen LogP contribution in [0.4, 0.5) is 0 Å². The molecule has 6 rings (SSSR count). The summed E-state index contributed by atoms with van der Waals surface area (Å²) in [7, 11) is 1.74. The van der Waals surface area contributed by atoms with Crippen LogP contribution in [0.5, 0.6) is 0 Å². The molecule has 0 aromatic carbocycles. The minimum absolute atomic E-state index is 0.0176. The number of ether oxygens (including phenoxy) is 3. The van der Waals surface area contributed by atoms with Crippen molar-refractivity contribution < 1.29 is 28.9 Å². The number of allylic oxidation sites excluding steroid dienone is 4. The predicted octanol–water partition coefficient (Wildman–Crippen LogP) is 5.56. The van der Waals surface area contributed by atoms with Crippen molar-refractivity contribution in [3.8, 4) is 0 Å². The predicted molar refractivity (Wildman–Crippen MR) is 139 cm³/mol. The molecule has 0 aromatic rings. The van der Waals surface area contributed by atoms with Crippen molar-refractivity contribution in [2.75, 3.05) is 7.11 Å². The van der Waals surface area contributed by atoms with Crippen molar-refractivity contribution in [2.24, 2.45) is 45.3 Å². The van der Waals surface area contributed by atoms with E-state index in [4.69, 9.17) is 14.2 Å². The van der Waals surface area contributed by atoms with E-state index in [0.29, 0.717) is 12.8 Å². The summed E-state index contributed by atoms with van der Waals surface area (Å²) in [5, 5.41) is 10.7. The summed E-state index contributed by atoms with van der Waals surface area (Å²) in [5.74, 6) is -0.989. The lowest BCUT2D eigenvalue weighted by atomic mass is 9.39. The number of carbonyl (C=O) groups is 2. The van der Waals surface area contributed by atoms with Gasteiger partial charge in [0, 0.05) is 37.2 Å². The quantitative estimate of drug-likeness (QED) is 0.464.